The van der Waals surface area contributed by atoms with Crippen molar-refractivity contribution in [1.82, 2.24) is 4.98 Å². The third-order valence-electron chi connectivity index (χ3n) is 5.51. The second kappa shape index (κ2) is 9.57. The molecule has 2 N–H and O–H groups in total. The van der Waals surface area contributed by atoms with E-state index in [-0.39, 0.29) is 0 Å². The summed E-state index contributed by atoms with van der Waals surface area (Å²) in [6.45, 7) is 3.51. The molecule has 29 heavy (non-hydrogen) atoms. The Balaban J connectivity index is 1.42. The summed E-state index contributed by atoms with van der Waals surface area (Å²) in [6, 6.07) is 20.8. The molecule has 0 aliphatic carbocycles. The molecule has 0 amide bonds. The molecule has 1 aliphatic heterocycles. The van der Waals surface area contributed by atoms with Crippen LogP contribution in [0.25, 0.3) is 11.3 Å². The molecule has 150 valence electrons. The van der Waals surface area contributed by atoms with Crippen molar-refractivity contribution in [3.8, 4) is 11.3 Å². The van der Waals surface area contributed by atoms with E-state index < -0.39 is 0 Å². The van der Waals surface area contributed by atoms with Crippen molar-refractivity contribution in [2.45, 2.75) is 32.3 Å². The van der Waals surface area contributed by atoms with Gasteiger partial charge in [-0.3, -0.25) is 4.98 Å². The van der Waals surface area contributed by atoms with Crippen LogP contribution in [0.4, 0.5) is 11.4 Å². The molecule has 3 aromatic rings. The van der Waals surface area contributed by atoms with E-state index in [4.69, 9.17) is 10.5 Å². The minimum absolute atomic E-state index is 0.577. The van der Waals surface area contributed by atoms with E-state index in [0.717, 1.165) is 42.0 Å². The van der Waals surface area contributed by atoms with Gasteiger partial charge in [0.25, 0.3) is 0 Å². The van der Waals surface area contributed by atoms with Gasteiger partial charge in [-0.1, -0.05) is 30.3 Å². The quantitative estimate of drug-likeness (QED) is 0.454. The maximum absolute atomic E-state index is 6.30. The van der Waals surface area contributed by atoms with E-state index in [2.05, 4.69) is 52.3 Å². The van der Waals surface area contributed by atoms with Gasteiger partial charge in [0.15, 0.2) is 0 Å². The number of pyridine rings is 1. The van der Waals surface area contributed by atoms with Crippen LogP contribution in [0, 0.1) is 0 Å². The van der Waals surface area contributed by atoms with Gasteiger partial charge < -0.3 is 15.4 Å². The van der Waals surface area contributed by atoms with Gasteiger partial charge in [-0.05, 0) is 67.1 Å². The van der Waals surface area contributed by atoms with Crippen molar-refractivity contribution < 1.29 is 4.74 Å². The van der Waals surface area contributed by atoms with E-state index in [9.17, 15) is 0 Å². The summed E-state index contributed by atoms with van der Waals surface area (Å²) < 4.78 is 5.90. The molecular formula is C25H29N3O. The van der Waals surface area contributed by atoms with Crippen LogP contribution < -0.4 is 10.6 Å². The molecular weight excluding hydrogens is 358 g/mol. The molecule has 0 radical (unpaired) electrons. The van der Waals surface area contributed by atoms with E-state index >= 15 is 0 Å². The lowest BCUT2D eigenvalue weighted by Crippen LogP contribution is -2.29. The third kappa shape index (κ3) is 5.15. The molecule has 4 heteroatoms. The average molecular weight is 388 g/mol. The summed E-state index contributed by atoms with van der Waals surface area (Å²) in [5.41, 5.74) is 12.6. The van der Waals surface area contributed by atoms with Gasteiger partial charge in [0.05, 0.1) is 18.9 Å². The highest BCUT2D eigenvalue weighted by Gasteiger charge is 2.13. The fraction of sp³-hybridized carbons (Fsp3) is 0.320. The van der Waals surface area contributed by atoms with Crippen LogP contribution in [0.3, 0.4) is 0 Å². The number of nitrogens with zero attached hydrogens (tertiary/aromatic N) is 2. The van der Waals surface area contributed by atoms with Crippen molar-refractivity contribution in [2.75, 3.05) is 30.3 Å². The Labute approximate surface area is 173 Å². The predicted molar refractivity (Wildman–Crippen MR) is 120 cm³/mol. The van der Waals surface area contributed by atoms with Crippen LogP contribution in [-0.2, 0) is 17.8 Å². The standard InChI is InChI=1S/C25H29N3O/c26-24-10-9-22(28-14-5-2-6-15-28)18-23(24)25-17-21(11-13-27-25)19-29-16-12-20-7-3-1-4-8-20/h1,3-4,7-11,13,17-18H,2,5-6,12,14-16,19,26H2. The Hall–Kier alpha value is -2.85. The number of hydrogen-bond acceptors (Lipinski definition) is 4. The van der Waals surface area contributed by atoms with Crippen LogP contribution in [0.1, 0.15) is 30.4 Å². The second-order valence-corrected chi connectivity index (χ2v) is 7.66. The monoisotopic (exact) mass is 387 g/mol. The number of hydrogen-bond donors (Lipinski definition) is 1. The van der Waals surface area contributed by atoms with Gasteiger partial charge >= 0.3 is 0 Å². The Morgan fingerprint density at radius 2 is 1.72 bits per heavy atom. The molecule has 0 atom stereocenters. The fourth-order valence-corrected chi connectivity index (χ4v) is 3.85. The number of nitrogens with two attached hydrogens (primary N) is 1. The van der Waals surface area contributed by atoms with Gasteiger partial charge in [-0.25, -0.2) is 0 Å². The van der Waals surface area contributed by atoms with E-state index in [1.807, 2.05) is 24.4 Å². The highest BCUT2D eigenvalue weighted by molar-refractivity contribution is 5.78. The largest absolute Gasteiger partial charge is 0.398 e. The molecule has 1 fully saturated rings. The second-order valence-electron chi connectivity index (χ2n) is 7.66. The molecule has 2 heterocycles. The van der Waals surface area contributed by atoms with Gasteiger partial charge in [-0.15, -0.1) is 0 Å². The van der Waals surface area contributed by atoms with Crippen LogP contribution in [0.5, 0.6) is 0 Å². The number of piperidine rings is 1. The van der Waals surface area contributed by atoms with Crippen LogP contribution in [0.15, 0.2) is 66.9 Å². The van der Waals surface area contributed by atoms with Gasteiger partial charge in [0.2, 0.25) is 0 Å². The Morgan fingerprint density at radius 1 is 0.897 bits per heavy atom. The molecule has 1 aliphatic rings. The van der Waals surface area contributed by atoms with Crippen molar-refractivity contribution in [2.24, 2.45) is 0 Å². The maximum Gasteiger partial charge on any atom is 0.0727 e. The van der Waals surface area contributed by atoms with Crippen molar-refractivity contribution in [3.05, 3.63) is 78.0 Å². The van der Waals surface area contributed by atoms with E-state index in [1.54, 1.807) is 0 Å². The summed E-state index contributed by atoms with van der Waals surface area (Å²) in [5.74, 6) is 0. The number of rotatable bonds is 7. The summed E-state index contributed by atoms with van der Waals surface area (Å²) in [5, 5.41) is 0. The molecule has 0 spiro atoms. The zero-order chi connectivity index (χ0) is 19.9. The molecule has 1 aromatic heterocycles. The normalized spacial score (nSPS) is 14.1. The summed E-state index contributed by atoms with van der Waals surface area (Å²) in [6.07, 6.45) is 6.61. The van der Waals surface area contributed by atoms with E-state index in [0.29, 0.717) is 13.2 Å². The zero-order valence-corrected chi connectivity index (χ0v) is 16.9. The molecule has 0 bridgehead atoms. The Kier molecular flexibility index (Phi) is 6.42. The molecule has 4 rings (SSSR count). The number of anilines is 2. The summed E-state index contributed by atoms with van der Waals surface area (Å²) in [4.78, 5) is 7.03. The van der Waals surface area contributed by atoms with Gasteiger partial charge in [0.1, 0.15) is 0 Å². The van der Waals surface area contributed by atoms with E-state index in [1.165, 1.54) is 30.5 Å². The van der Waals surface area contributed by atoms with Gasteiger partial charge in [-0.2, -0.15) is 0 Å². The smallest absolute Gasteiger partial charge is 0.0727 e. The number of benzene rings is 2. The predicted octanol–water partition coefficient (Wildman–Crippen LogP) is 5.08. The van der Waals surface area contributed by atoms with Crippen LogP contribution in [0.2, 0.25) is 0 Å². The SMILES string of the molecule is Nc1ccc(N2CCCCC2)cc1-c1cc(COCCc2ccccc2)ccn1. The number of aromatic nitrogens is 1. The minimum atomic E-state index is 0.577. The first kappa shape index (κ1) is 19.5. The topological polar surface area (TPSA) is 51.4 Å². The first-order valence-corrected chi connectivity index (χ1v) is 10.5. The Bertz CT molecular complexity index is 920. The lowest BCUT2D eigenvalue weighted by atomic mass is 10.0. The van der Waals surface area contributed by atoms with Gasteiger partial charge in [0, 0.05) is 36.2 Å². The first-order valence-electron chi connectivity index (χ1n) is 10.5. The molecule has 1 saturated heterocycles. The van der Waals surface area contributed by atoms with Crippen molar-refractivity contribution in [3.63, 3.8) is 0 Å². The first-order chi connectivity index (χ1) is 14.3. The molecule has 4 nitrogen and oxygen atoms in total. The molecule has 2 aromatic carbocycles. The molecule has 0 saturated carbocycles. The summed E-state index contributed by atoms with van der Waals surface area (Å²) in [7, 11) is 0. The third-order valence-corrected chi connectivity index (χ3v) is 5.51. The lowest BCUT2D eigenvalue weighted by Gasteiger charge is -2.29. The minimum Gasteiger partial charge on any atom is -0.398 e. The highest BCUT2D eigenvalue weighted by atomic mass is 16.5. The van der Waals surface area contributed by atoms with Crippen molar-refractivity contribution in [1.29, 1.82) is 0 Å². The Morgan fingerprint density at radius 3 is 2.55 bits per heavy atom. The zero-order valence-electron chi connectivity index (χ0n) is 16.9. The van der Waals surface area contributed by atoms with Crippen LogP contribution >= 0.6 is 0 Å². The number of nitrogen functional groups attached to an aromatic ring is 1. The average Bonchev–Trinajstić information content (AvgIpc) is 2.79. The summed E-state index contributed by atoms with van der Waals surface area (Å²) >= 11 is 0. The lowest BCUT2D eigenvalue weighted by molar-refractivity contribution is 0.124. The van der Waals surface area contributed by atoms with Crippen LogP contribution in [-0.4, -0.2) is 24.7 Å². The maximum atomic E-state index is 6.30. The van der Waals surface area contributed by atoms with Crippen molar-refractivity contribution >= 4 is 11.4 Å². The molecule has 0 unspecified atom stereocenters. The highest BCUT2D eigenvalue weighted by Crippen LogP contribution is 2.31. The fourth-order valence-electron chi connectivity index (χ4n) is 3.85. The number of ether oxygens (including phenoxy) is 1.